The quantitative estimate of drug-likeness (QED) is 0.154. The van der Waals surface area contributed by atoms with Gasteiger partial charge in [0.2, 0.25) is 11.1 Å². The molecule has 2 aromatic heterocycles. The summed E-state index contributed by atoms with van der Waals surface area (Å²) in [6, 6.07) is 27.3. The molecule has 210 valence electrons. The van der Waals surface area contributed by atoms with Crippen molar-refractivity contribution in [3.63, 3.8) is 0 Å². The van der Waals surface area contributed by atoms with Gasteiger partial charge in [-0.15, -0.1) is 10.2 Å². The molecule has 1 saturated heterocycles. The minimum Gasteiger partial charge on any atom is -0.340 e. The molecule has 7 nitrogen and oxygen atoms in total. The van der Waals surface area contributed by atoms with Gasteiger partial charge in [0.05, 0.1) is 5.52 Å². The average molecular weight is 565 g/mol. The number of aryl methyl sites for hydroxylation is 1. The van der Waals surface area contributed by atoms with Gasteiger partial charge in [-0.1, -0.05) is 84.6 Å². The molecular weight excluding hydrogens is 528 g/mol. The van der Waals surface area contributed by atoms with Crippen molar-refractivity contribution < 1.29 is 4.79 Å². The standard InChI is InChI=1S/C33H36N6OS/c1-25-11-5-6-14-27(25)24-39-29-16-8-7-15-28(29)31-32(39)34-33(36-35-31)41-22-10-9-17-30(40)38-20-18-37(19-21-38)23-26-12-3-2-4-13-26/h2-8,11-16H,9-10,17-24H2,1H3. The molecule has 0 unspecified atom stereocenters. The fourth-order valence-corrected chi connectivity index (χ4v) is 6.35. The smallest absolute Gasteiger partial charge is 0.222 e. The lowest BCUT2D eigenvalue weighted by atomic mass is 10.1. The molecule has 0 radical (unpaired) electrons. The Morgan fingerprint density at radius 3 is 2.41 bits per heavy atom. The van der Waals surface area contributed by atoms with Gasteiger partial charge in [-0.2, -0.15) is 0 Å². The molecule has 0 spiro atoms. The van der Waals surface area contributed by atoms with E-state index < -0.39 is 0 Å². The van der Waals surface area contributed by atoms with Crippen LogP contribution in [-0.4, -0.2) is 67.4 Å². The average Bonchev–Trinajstić information content (AvgIpc) is 3.31. The molecule has 3 heterocycles. The topological polar surface area (TPSA) is 67.2 Å². The molecule has 0 aliphatic carbocycles. The highest BCUT2D eigenvalue weighted by atomic mass is 32.2. The van der Waals surface area contributed by atoms with Crippen LogP contribution in [0.25, 0.3) is 22.1 Å². The number of thioether (sulfide) groups is 1. The summed E-state index contributed by atoms with van der Waals surface area (Å²) in [5, 5.41) is 10.8. The Morgan fingerprint density at radius 1 is 0.829 bits per heavy atom. The zero-order valence-electron chi connectivity index (χ0n) is 23.6. The molecule has 6 rings (SSSR count). The van der Waals surface area contributed by atoms with Crippen molar-refractivity contribution in [2.75, 3.05) is 31.9 Å². The van der Waals surface area contributed by atoms with Crippen molar-refractivity contribution in [1.82, 2.24) is 29.5 Å². The number of nitrogens with zero attached hydrogens (tertiary/aromatic N) is 6. The zero-order chi connectivity index (χ0) is 28.0. The lowest BCUT2D eigenvalue weighted by molar-refractivity contribution is -0.133. The number of unbranched alkanes of at least 4 members (excludes halogenated alkanes) is 1. The summed E-state index contributed by atoms with van der Waals surface area (Å²) in [4.78, 5) is 22.2. The van der Waals surface area contributed by atoms with Crippen LogP contribution in [0.15, 0.2) is 84.0 Å². The summed E-state index contributed by atoms with van der Waals surface area (Å²) < 4.78 is 2.25. The summed E-state index contributed by atoms with van der Waals surface area (Å²) in [5.74, 6) is 1.14. The summed E-state index contributed by atoms with van der Waals surface area (Å²) in [5.41, 5.74) is 6.69. The molecule has 1 fully saturated rings. The van der Waals surface area contributed by atoms with E-state index in [-0.39, 0.29) is 5.91 Å². The van der Waals surface area contributed by atoms with E-state index in [0.29, 0.717) is 11.6 Å². The molecular formula is C33H36N6OS. The van der Waals surface area contributed by atoms with Gasteiger partial charge < -0.3 is 9.47 Å². The van der Waals surface area contributed by atoms with Gasteiger partial charge in [0, 0.05) is 56.8 Å². The molecule has 5 aromatic rings. The third-order valence-electron chi connectivity index (χ3n) is 7.93. The number of amides is 1. The number of para-hydroxylation sites is 1. The van der Waals surface area contributed by atoms with E-state index in [0.717, 1.165) is 79.9 Å². The first-order valence-electron chi connectivity index (χ1n) is 14.5. The number of piperazine rings is 1. The van der Waals surface area contributed by atoms with Crippen LogP contribution in [0.4, 0.5) is 0 Å². The SMILES string of the molecule is Cc1ccccc1Cn1c2ccccc2c2nnc(SCCCCC(=O)N3CCN(Cc4ccccc4)CC3)nc21. The maximum Gasteiger partial charge on any atom is 0.222 e. The number of benzene rings is 3. The molecule has 0 saturated carbocycles. The fourth-order valence-electron chi connectivity index (χ4n) is 5.57. The van der Waals surface area contributed by atoms with Crippen LogP contribution in [0, 0.1) is 6.92 Å². The maximum atomic E-state index is 12.8. The van der Waals surface area contributed by atoms with Crippen molar-refractivity contribution in [3.05, 3.63) is 95.6 Å². The highest BCUT2D eigenvalue weighted by Gasteiger charge is 2.21. The number of carbonyl (C=O) groups excluding carboxylic acids is 1. The number of carbonyl (C=O) groups is 1. The molecule has 0 N–H and O–H groups in total. The van der Waals surface area contributed by atoms with E-state index in [1.54, 1.807) is 11.8 Å². The molecule has 3 aromatic carbocycles. The summed E-state index contributed by atoms with van der Waals surface area (Å²) >= 11 is 1.62. The lowest BCUT2D eigenvalue weighted by Gasteiger charge is -2.34. The van der Waals surface area contributed by atoms with Crippen LogP contribution in [0.3, 0.4) is 0 Å². The molecule has 41 heavy (non-hydrogen) atoms. The van der Waals surface area contributed by atoms with Crippen LogP contribution in [0.1, 0.15) is 36.0 Å². The Kier molecular flexibility index (Phi) is 8.58. The molecule has 8 heteroatoms. The number of rotatable bonds is 10. The van der Waals surface area contributed by atoms with E-state index >= 15 is 0 Å². The Hall–Kier alpha value is -3.75. The Labute approximate surface area is 245 Å². The van der Waals surface area contributed by atoms with Crippen molar-refractivity contribution >= 4 is 39.7 Å². The van der Waals surface area contributed by atoms with Crippen LogP contribution in [-0.2, 0) is 17.9 Å². The van der Waals surface area contributed by atoms with E-state index in [4.69, 9.17) is 4.98 Å². The molecule has 1 aliphatic rings. The second kappa shape index (κ2) is 12.8. The van der Waals surface area contributed by atoms with Gasteiger partial charge >= 0.3 is 0 Å². The Morgan fingerprint density at radius 2 is 1.59 bits per heavy atom. The first-order chi connectivity index (χ1) is 20.2. The van der Waals surface area contributed by atoms with Crippen molar-refractivity contribution in [2.24, 2.45) is 0 Å². The highest BCUT2D eigenvalue weighted by molar-refractivity contribution is 7.99. The highest BCUT2D eigenvalue weighted by Crippen LogP contribution is 2.28. The third-order valence-corrected chi connectivity index (χ3v) is 8.86. The minimum atomic E-state index is 0.273. The predicted octanol–water partition coefficient (Wildman–Crippen LogP) is 5.94. The normalized spacial score (nSPS) is 14.2. The fraction of sp³-hybridized carbons (Fsp3) is 0.333. The first kappa shape index (κ1) is 27.4. The van der Waals surface area contributed by atoms with Crippen molar-refractivity contribution in [3.8, 4) is 0 Å². The summed E-state index contributed by atoms with van der Waals surface area (Å²) in [6.45, 7) is 7.34. The number of hydrogen-bond acceptors (Lipinski definition) is 6. The molecule has 0 bridgehead atoms. The first-order valence-corrected chi connectivity index (χ1v) is 15.5. The lowest BCUT2D eigenvalue weighted by Crippen LogP contribution is -2.48. The number of aromatic nitrogens is 4. The maximum absolute atomic E-state index is 12.8. The number of fused-ring (bicyclic) bond motifs is 3. The third kappa shape index (κ3) is 6.44. The van der Waals surface area contributed by atoms with Crippen LogP contribution in [0.5, 0.6) is 0 Å². The second-order valence-electron chi connectivity index (χ2n) is 10.7. The van der Waals surface area contributed by atoms with Crippen LogP contribution < -0.4 is 0 Å². The van der Waals surface area contributed by atoms with E-state index in [1.807, 2.05) is 11.0 Å². The number of hydrogen-bond donors (Lipinski definition) is 0. The molecule has 1 aliphatic heterocycles. The Balaban J connectivity index is 1.01. The minimum absolute atomic E-state index is 0.273. The van der Waals surface area contributed by atoms with E-state index in [1.165, 1.54) is 16.7 Å². The zero-order valence-corrected chi connectivity index (χ0v) is 24.4. The summed E-state index contributed by atoms with van der Waals surface area (Å²) in [7, 11) is 0. The van der Waals surface area contributed by atoms with Gasteiger partial charge in [-0.25, -0.2) is 4.98 Å². The van der Waals surface area contributed by atoms with E-state index in [9.17, 15) is 4.79 Å². The van der Waals surface area contributed by atoms with Crippen molar-refractivity contribution in [1.29, 1.82) is 0 Å². The molecule has 1 amide bonds. The predicted molar refractivity (Wildman–Crippen MR) is 166 cm³/mol. The van der Waals surface area contributed by atoms with Gasteiger partial charge in [0.25, 0.3) is 0 Å². The molecule has 0 atom stereocenters. The largest absolute Gasteiger partial charge is 0.340 e. The van der Waals surface area contributed by atoms with Gasteiger partial charge in [0.1, 0.15) is 5.52 Å². The van der Waals surface area contributed by atoms with Gasteiger partial charge in [-0.3, -0.25) is 9.69 Å². The van der Waals surface area contributed by atoms with Crippen LogP contribution in [0.2, 0.25) is 0 Å². The summed E-state index contributed by atoms with van der Waals surface area (Å²) in [6.07, 6.45) is 2.42. The van der Waals surface area contributed by atoms with E-state index in [2.05, 4.69) is 99.4 Å². The van der Waals surface area contributed by atoms with Crippen molar-refractivity contribution in [2.45, 2.75) is 44.4 Å². The van der Waals surface area contributed by atoms with Crippen LogP contribution >= 0.6 is 11.8 Å². The Bertz CT molecular complexity index is 1630. The van der Waals surface area contributed by atoms with Gasteiger partial charge in [0.15, 0.2) is 5.65 Å². The second-order valence-corrected chi connectivity index (χ2v) is 11.8. The monoisotopic (exact) mass is 564 g/mol. The van der Waals surface area contributed by atoms with Gasteiger partial charge in [-0.05, 0) is 42.5 Å².